The number of hydrogen-bond donors (Lipinski definition) is 2. The van der Waals surface area contributed by atoms with Crippen LogP contribution < -0.4 is 5.73 Å². The first-order valence-electron chi connectivity index (χ1n) is 9.34. The van der Waals surface area contributed by atoms with Crippen LogP contribution >= 0.6 is 11.6 Å². The van der Waals surface area contributed by atoms with Crippen molar-refractivity contribution in [1.82, 2.24) is 4.90 Å². The molecule has 0 bridgehead atoms. The van der Waals surface area contributed by atoms with Gasteiger partial charge in [-0.05, 0) is 55.7 Å². The third kappa shape index (κ3) is 4.03. The molecule has 1 saturated heterocycles. The van der Waals surface area contributed by atoms with Gasteiger partial charge in [0.1, 0.15) is 0 Å². The zero-order valence-electron chi connectivity index (χ0n) is 16.7. The van der Waals surface area contributed by atoms with Gasteiger partial charge < -0.3 is 10.6 Å². The van der Waals surface area contributed by atoms with Crippen molar-refractivity contribution >= 4 is 23.2 Å². The van der Waals surface area contributed by atoms with Gasteiger partial charge in [-0.15, -0.1) is 0 Å². The van der Waals surface area contributed by atoms with Crippen molar-refractivity contribution in [3.63, 3.8) is 0 Å². The van der Waals surface area contributed by atoms with Gasteiger partial charge in [0, 0.05) is 35.8 Å². The molecule has 2 aromatic carbocycles. The number of rotatable bonds is 4. The van der Waals surface area contributed by atoms with E-state index in [-0.39, 0.29) is 22.6 Å². The normalized spacial score (nSPS) is 14.7. The molecule has 3 N–H and O–H groups in total. The first kappa shape index (κ1) is 20.6. The van der Waals surface area contributed by atoms with Crippen LogP contribution in [0.2, 0.25) is 0 Å². The van der Waals surface area contributed by atoms with E-state index in [4.69, 9.17) is 28.0 Å². The van der Waals surface area contributed by atoms with Gasteiger partial charge in [0.25, 0.3) is 5.91 Å². The third-order valence-electron chi connectivity index (χ3n) is 5.32. The number of allylic oxidation sites excluding steroid dienone is 2. The van der Waals surface area contributed by atoms with Crippen LogP contribution in [0.4, 0.5) is 0 Å². The van der Waals surface area contributed by atoms with Crippen LogP contribution in [0, 0.1) is 30.6 Å². The molecule has 2 aromatic rings. The highest BCUT2D eigenvalue weighted by atomic mass is 35.5. The van der Waals surface area contributed by atoms with Crippen molar-refractivity contribution in [2.24, 2.45) is 5.73 Å². The van der Waals surface area contributed by atoms with Crippen LogP contribution in [-0.2, 0) is 0 Å². The molecular formula is C23H23ClN4O. The maximum absolute atomic E-state index is 13.1. The smallest absolute Gasteiger partial charge is 0.254 e. The molecule has 0 unspecified atom stereocenters. The zero-order valence-corrected chi connectivity index (χ0v) is 17.5. The van der Waals surface area contributed by atoms with Gasteiger partial charge in [-0.25, -0.2) is 0 Å². The second-order valence-electron chi connectivity index (χ2n) is 7.49. The van der Waals surface area contributed by atoms with Crippen LogP contribution in [0.5, 0.6) is 0 Å². The SMILES string of the molecule is CC(N)=C(Cl)C(=N)c1cc(C(=O)N2CC(c3ccc(C#N)cc3)C2)c(C)cc1C. The van der Waals surface area contributed by atoms with Crippen LogP contribution in [0.1, 0.15) is 51.0 Å². The fourth-order valence-corrected chi connectivity index (χ4v) is 3.62. The lowest BCUT2D eigenvalue weighted by atomic mass is 9.89. The van der Waals surface area contributed by atoms with Gasteiger partial charge in [-0.2, -0.15) is 5.26 Å². The molecule has 0 aliphatic carbocycles. The van der Waals surface area contributed by atoms with E-state index in [1.165, 1.54) is 0 Å². The highest BCUT2D eigenvalue weighted by Crippen LogP contribution is 2.30. The molecule has 0 atom stereocenters. The molecular weight excluding hydrogens is 384 g/mol. The van der Waals surface area contributed by atoms with E-state index in [1.54, 1.807) is 30.0 Å². The molecule has 29 heavy (non-hydrogen) atoms. The van der Waals surface area contributed by atoms with Gasteiger partial charge in [0.05, 0.1) is 22.4 Å². The fourth-order valence-electron chi connectivity index (χ4n) is 3.52. The largest absolute Gasteiger partial charge is 0.401 e. The number of halogens is 1. The average Bonchev–Trinajstić information content (AvgIpc) is 2.66. The van der Waals surface area contributed by atoms with Crippen LogP contribution in [0.15, 0.2) is 47.1 Å². The number of nitriles is 1. The molecule has 5 nitrogen and oxygen atoms in total. The van der Waals surface area contributed by atoms with Gasteiger partial charge in [-0.3, -0.25) is 10.2 Å². The minimum atomic E-state index is -0.0500. The maximum Gasteiger partial charge on any atom is 0.254 e. The predicted octanol–water partition coefficient (Wildman–Crippen LogP) is 4.21. The summed E-state index contributed by atoms with van der Waals surface area (Å²) in [4.78, 5) is 14.9. The van der Waals surface area contributed by atoms with Crippen molar-refractivity contribution in [3.8, 4) is 6.07 Å². The van der Waals surface area contributed by atoms with Crippen molar-refractivity contribution in [3.05, 3.63) is 80.5 Å². The number of likely N-dealkylation sites (tertiary alicyclic amines) is 1. The summed E-state index contributed by atoms with van der Waals surface area (Å²) in [7, 11) is 0. The Kier molecular flexibility index (Phi) is 5.76. The predicted molar refractivity (Wildman–Crippen MR) is 115 cm³/mol. The van der Waals surface area contributed by atoms with E-state index in [0.717, 1.165) is 16.7 Å². The number of hydrogen-bond acceptors (Lipinski definition) is 4. The molecule has 0 spiro atoms. The topological polar surface area (TPSA) is 94.0 Å². The molecule has 6 heteroatoms. The summed E-state index contributed by atoms with van der Waals surface area (Å²) in [6, 6.07) is 13.3. The lowest BCUT2D eigenvalue weighted by Gasteiger charge is -2.40. The van der Waals surface area contributed by atoms with Gasteiger partial charge in [-0.1, -0.05) is 29.8 Å². The number of nitrogens with two attached hydrogens (primary N) is 1. The quantitative estimate of drug-likeness (QED) is 0.744. The van der Waals surface area contributed by atoms with E-state index >= 15 is 0 Å². The second-order valence-corrected chi connectivity index (χ2v) is 7.87. The second kappa shape index (κ2) is 8.10. The molecule has 0 saturated carbocycles. The molecule has 1 amide bonds. The van der Waals surface area contributed by atoms with E-state index in [9.17, 15) is 4.79 Å². The summed E-state index contributed by atoms with van der Waals surface area (Å²) in [5.41, 5.74) is 10.9. The highest BCUT2D eigenvalue weighted by Gasteiger charge is 2.33. The number of aryl methyl sites for hydroxylation is 2. The minimum Gasteiger partial charge on any atom is -0.401 e. The van der Waals surface area contributed by atoms with Crippen molar-refractivity contribution in [1.29, 1.82) is 10.7 Å². The lowest BCUT2D eigenvalue weighted by molar-refractivity contribution is 0.0601. The molecule has 1 aliphatic heterocycles. The van der Waals surface area contributed by atoms with Gasteiger partial charge in [0.2, 0.25) is 0 Å². The standard InChI is InChI=1S/C23H23ClN4O/c1-13-8-14(2)20(9-19(13)22(27)21(24)15(3)26)23(29)28-11-18(12-28)17-6-4-16(10-25)5-7-17/h4-9,18,27H,11-12,26H2,1-3H3. The first-order chi connectivity index (χ1) is 13.7. The van der Waals surface area contributed by atoms with Gasteiger partial charge >= 0.3 is 0 Å². The Bertz CT molecular complexity index is 1050. The monoisotopic (exact) mass is 406 g/mol. The van der Waals surface area contributed by atoms with Crippen molar-refractivity contribution in [2.45, 2.75) is 26.7 Å². The Hall–Kier alpha value is -3.10. The zero-order chi connectivity index (χ0) is 21.3. The number of carbonyl (C=O) groups is 1. The Labute approximate surface area is 175 Å². The summed E-state index contributed by atoms with van der Waals surface area (Å²) in [5, 5.41) is 17.5. The molecule has 3 rings (SSSR count). The Balaban J connectivity index is 1.80. The number of amides is 1. The van der Waals surface area contributed by atoms with Crippen molar-refractivity contribution < 1.29 is 4.79 Å². The lowest BCUT2D eigenvalue weighted by Crippen LogP contribution is -2.48. The molecule has 1 fully saturated rings. The van der Waals surface area contributed by atoms with E-state index in [2.05, 4.69) is 6.07 Å². The number of benzene rings is 2. The number of carbonyl (C=O) groups excluding carboxylic acids is 1. The molecule has 148 valence electrons. The number of nitrogens with zero attached hydrogens (tertiary/aromatic N) is 2. The Morgan fingerprint density at radius 1 is 1.17 bits per heavy atom. The Morgan fingerprint density at radius 3 is 2.31 bits per heavy atom. The third-order valence-corrected chi connectivity index (χ3v) is 5.80. The van der Waals surface area contributed by atoms with Crippen LogP contribution in [0.3, 0.4) is 0 Å². The molecule has 1 aliphatic rings. The first-order valence-corrected chi connectivity index (χ1v) is 9.72. The van der Waals surface area contributed by atoms with Gasteiger partial charge in [0.15, 0.2) is 0 Å². The van der Waals surface area contributed by atoms with E-state index < -0.39 is 0 Å². The molecule has 1 heterocycles. The van der Waals surface area contributed by atoms with Crippen molar-refractivity contribution in [2.75, 3.05) is 13.1 Å². The highest BCUT2D eigenvalue weighted by molar-refractivity contribution is 6.46. The summed E-state index contributed by atoms with van der Waals surface area (Å²) < 4.78 is 0. The van der Waals surface area contributed by atoms with E-state index in [1.807, 2.05) is 32.0 Å². The summed E-state index contributed by atoms with van der Waals surface area (Å²) in [6.45, 7) is 6.71. The summed E-state index contributed by atoms with van der Waals surface area (Å²) >= 11 is 6.17. The van der Waals surface area contributed by atoms with Crippen LogP contribution in [0.25, 0.3) is 0 Å². The number of nitrogens with one attached hydrogen (secondary N) is 1. The maximum atomic E-state index is 13.1. The average molecular weight is 407 g/mol. The minimum absolute atomic E-state index is 0.0500. The fraction of sp³-hybridized carbons (Fsp3) is 0.261. The van der Waals surface area contributed by atoms with Crippen LogP contribution in [-0.4, -0.2) is 29.6 Å². The summed E-state index contributed by atoms with van der Waals surface area (Å²) in [6.07, 6.45) is 0. The summed E-state index contributed by atoms with van der Waals surface area (Å²) in [5.74, 6) is 0.221. The molecule has 0 radical (unpaired) electrons. The Morgan fingerprint density at radius 2 is 1.76 bits per heavy atom. The molecule has 0 aromatic heterocycles. The van der Waals surface area contributed by atoms with E-state index in [0.29, 0.717) is 35.5 Å².